The van der Waals surface area contributed by atoms with Crippen LogP contribution in [0.2, 0.25) is 0 Å². The van der Waals surface area contributed by atoms with Crippen molar-refractivity contribution in [2.75, 3.05) is 72.2 Å². The van der Waals surface area contributed by atoms with Crippen molar-refractivity contribution in [3.8, 4) is 0 Å². The second-order valence-corrected chi connectivity index (χ2v) is 8.63. The summed E-state index contributed by atoms with van der Waals surface area (Å²) in [5, 5.41) is 6.85. The van der Waals surface area contributed by atoms with Gasteiger partial charge in [0.15, 0.2) is 5.96 Å². The normalized spacial score (nSPS) is 23.6. The van der Waals surface area contributed by atoms with Crippen LogP contribution in [0.5, 0.6) is 0 Å². The average Bonchev–Trinajstić information content (AvgIpc) is 2.64. The van der Waals surface area contributed by atoms with Gasteiger partial charge in [-0.1, -0.05) is 13.8 Å². The van der Waals surface area contributed by atoms with Crippen LogP contribution in [0.15, 0.2) is 4.99 Å². The molecule has 2 rings (SSSR count). The standard InChI is InChI=1S/C20H41N5O2/c1-6-21-19(23-16-20(4,5)25-8-10-26-11-9-25)22-13-18-15-24(7-12-27-18)14-17(2)3/h17-18H,6-16H2,1-5H3,(H2,21,22,23). The van der Waals surface area contributed by atoms with Gasteiger partial charge < -0.3 is 20.1 Å². The number of morpholine rings is 2. The van der Waals surface area contributed by atoms with Gasteiger partial charge in [-0.3, -0.25) is 14.8 Å². The Labute approximate surface area is 165 Å². The monoisotopic (exact) mass is 383 g/mol. The molecule has 2 N–H and O–H groups in total. The van der Waals surface area contributed by atoms with Gasteiger partial charge in [-0.15, -0.1) is 0 Å². The highest BCUT2D eigenvalue weighted by molar-refractivity contribution is 5.79. The minimum Gasteiger partial charge on any atom is -0.379 e. The van der Waals surface area contributed by atoms with E-state index in [2.05, 4.69) is 55.1 Å². The number of nitrogens with zero attached hydrogens (tertiary/aromatic N) is 3. The van der Waals surface area contributed by atoms with Crippen molar-refractivity contribution in [3.63, 3.8) is 0 Å². The fourth-order valence-electron chi connectivity index (χ4n) is 3.68. The first-order valence-corrected chi connectivity index (χ1v) is 10.6. The Morgan fingerprint density at radius 1 is 1.15 bits per heavy atom. The zero-order valence-corrected chi connectivity index (χ0v) is 18.1. The second-order valence-electron chi connectivity index (χ2n) is 8.63. The Kier molecular flexibility index (Phi) is 9.29. The van der Waals surface area contributed by atoms with E-state index in [-0.39, 0.29) is 11.6 Å². The molecule has 2 aliphatic rings. The maximum absolute atomic E-state index is 5.95. The van der Waals surface area contributed by atoms with Crippen molar-refractivity contribution in [1.82, 2.24) is 20.4 Å². The predicted molar refractivity (Wildman–Crippen MR) is 111 cm³/mol. The number of hydrogen-bond acceptors (Lipinski definition) is 5. The zero-order valence-electron chi connectivity index (χ0n) is 18.1. The highest BCUT2D eigenvalue weighted by Gasteiger charge is 2.28. The van der Waals surface area contributed by atoms with E-state index in [9.17, 15) is 0 Å². The molecule has 158 valence electrons. The van der Waals surface area contributed by atoms with Crippen LogP contribution in [0, 0.1) is 5.92 Å². The van der Waals surface area contributed by atoms with Gasteiger partial charge in [0.05, 0.1) is 32.5 Å². The van der Waals surface area contributed by atoms with Crippen molar-refractivity contribution < 1.29 is 9.47 Å². The fraction of sp³-hybridized carbons (Fsp3) is 0.950. The first-order chi connectivity index (χ1) is 12.9. The zero-order chi connectivity index (χ0) is 19.7. The minimum absolute atomic E-state index is 0.0293. The molecule has 2 saturated heterocycles. The summed E-state index contributed by atoms with van der Waals surface area (Å²) in [6.45, 7) is 21.2. The van der Waals surface area contributed by atoms with Gasteiger partial charge in [-0.25, -0.2) is 0 Å². The molecule has 1 atom stereocenters. The van der Waals surface area contributed by atoms with E-state index in [1.54, 1.807) is 0 Å². The summed E-state index contributed by atoms with van der Waals surface area (Å²) >= 11 is 0. The highest BCUT2D eigenvalue weighted by atomic mass is 16.5. The van der Waals surface area contributed by atoms with Crippen molar-refractivity contribution in [2.45, 2.75) is 46.3 Å². The molecule has 2 heterocycles. The van der Waals surface area contributed by atoms with Crippen LogP contribution in [0.25, 0.3) is 0 Å². The molecule has 0 amide bonds. The molecule has 0 aromatic heterocycles. The molecule has 2 fully saturated rings. The SMILES string of the molecule is CCNC(=NCC(C)(C)N1CCOCC1)NCC1CN(CC(C)C)CCO1. The van der Waals surface area contributed by atoms with Gasteiger partial charge in [0.2, 0.25) is 0 Å². The lowest BCUT2D eigenvalue weighted by Crippen LogP contribution is -2.53. The van der Waals surface area contributed by atoms with Crippen LogP contribution in [-0.2, 0) is 9.47 Å². The van der Waals surface area contributed by atoms with E-state index in [4.69, 9.17) is 14.5 Å². The third-order valence-corrected chi connectivity index (χ3v) is 5.18. The lowest BCUT2D eigenvalue weighted by molar-refractivity contribution is -0.0284. The highest BCUT2D eigenvalue weighted by Crippen LogP contribution is 2.16. The first-order valence-electron chi connectivity index (χ1n) is 10.6. The molecule has 0 aromatic rings. The number of nitrogens with one attached hydrogen (secondary N) is 2. The minimum atomic E-state index is 0.0293. The van der Waals surface area contributed by atoms with E-state index >= 15 is 0 Å². The van der Waals surface area contributed by atoms with E-state index in [0.29, 0.717) is 5.92 Å². The summed E-state index contributed by atoms with van der Waals surface area (Å²) in [4.78, 5) is 9.83. The van der Waals surface area contributed by atoms with Crippen LogP contribution in [0.1, 0.15) is 34.6 Å². The number of aliphatic imine (C=N–C) groups is 1. The molecule has 27 heavy (non-hydrogen) atoms. The third-order valence-electron chi connectivity index (χ3n) is 5.18. The summed E-state index contributed by atoms with van der Waals surface area (Å²) < 4.78 is 11.4. The van der Waals surface area contributed by atoms with Crippen LogP contribution in [-0.4, -0.2) is 99.6 Å². The quantitative estimate of drug-likeness (QED) is 0.482. The molecule has 1 unspecified atom stereocenters. The van der Waals surface area contributed by atoms with Gasteiger partial charge in [0, 0.05) is 51.4 Å². The lowest BCUT2D eigenvalue weighted by Gasteiger charge is -2.40. The van der Waals surface area contributed by atoms with Gasteiger partial charge in [-0.05, 0) is 26.7 Å². The largest absolute Gasteiger partial charge is 0.379 e. The van der Waals surface area contributed by atoms with Gasteiger partial charge in [0.25, 0.3) is 0 Å². The molecule has 7 nitrogen and oxygen atoms in total. The van der Waals surface area contributed by atoms with Crippen molar-refractivity contribution in [2.24, 2.45) is 10.9 Å². The molecule has 0 radical (unpaired) electrons. The van der Waals surface area contributed by atoms with Crippen LogP contribution >= 0.6 is 0 Å². The van der Waals surface area contributed by atoms with E-state index < -0.39 is 0 Å². The Hall–Kier alpha value is -0.890. The lowest BCUT2D eigenvalue weighted by atomic mass is 10.0. The third kappa shape index (κ3) is 7.94. The predicted octanol–water partition coefficient (Wildman–Crippen LogP) is 1.01. The summed E-state index contributed by atoms with van der Waals surface area (Å²) in [7, 11) is 0. The number of rotatable bonds is 8. The number of guanidine groups is 1. The van der Waals surface area contributed by atoms with Crippen molar-refractivity contribution >= 4 is 5.96 Å². The molecule has 0 aromatic carbocycles. The molecule has 0 spiro atoms. The first kappa shape index (κ1) is 22.4. The number of ether oxygens (including phenoxy) is 2. The van der Waals surface area contributed by atoms with E-state index in [1.165, 1.54) is 0 Å². The molecule has 0 bridgehead atoms. The maximum atomic E-state index is 5.95. The van der Waals surface area contributed by atoms with Crippen LogP contribution in [0.4, 0.5) is 0 Å². The van der Waals surface area contributed by atoms with Gasteiger partial charge in [0.1, 0.15) is 0 Å². The van der Waals surface area contributed by atoms with Gasteiger partial charge in [-0.2, -0.15) is 0 Å². The fourth-order valence-corrected chi connectivity index (χ4v) is 3.68. The summed E-state index contributed by atoms with van der Waals surface area (Å²) in [6.07, 6.45) is 0.216. The topological polar surface area (TPSA) is 61.4 Å². The smallest absolute Gasteiger partial charge is 0.191 e. The summed E-state index contributed by atoms with van der Waals surface area (Å²) in [5.41, 5.74) is 0.0293. The molecule has 0 aliphatic carbocycles. The summed E-state index contributed by atoms with van der Waals surface area (Å²) in [5.74, 6) is 1.57. The molecule has 0 saturated carbocycles. The van der Waals surface area contributed by atoms with E-state index in [1.807, 2.05) is 0 Å². The number of hydrogen-bond donors (Lipinski definition) is 2. The summed E-state index contributed by atoms with van der Waals surface area (Å²) in [6, 6.07) is 0. The Bertz CT molecular complexity index is 450. The molecule has 7 heteroatoms. The maximum Gasteiger partial charge on any atom is 0.191 e. The van der Waals surface area contributed by atoms with Crippen LogP contribution < -0.4 is 10.6 Å². The molecular weight excluding hydrogens is 342 g/mol. The van der Waals surface area contributed by atoms with Crippen LogP contribution in [0.3, 0.4) is 0 Å². The Morgan fingerprint density at radius 2 is 1.89 bits per heavy atom. The van der Waals surface area contributed by atoms with E-state index in [0.717, 1.165) is 78.1 Å². The molecule has 2 aliphatic heterocycles. The van der Waals surface area contributed by atoms with Crippen molar-refractivity contribution in [1.29, 1.82) is 0 Å². The Morgan fingerprint density at radius 3 is 2.56 bits per heavy atom. The Balaban J connectivity index is 1.83. The average molecular weight is 384 g/mol. The van der Waals surface area contributed by atoms with Gasteiger partial charge >= 0.3 is 0 Å². The van der Waals surface area contributed by atoms with Crippen molar-refractivity contribution in [3.05, 3.63) is 0 Å². The second kappa shape index (κ2) is 11.2. The molecular formula is C20H41N5O2.